The maximum atomic E-state index is 12.9. The summed E-state index contributed by atoms with van der Waals surface area (Å²) < 4.78 is 70.6. The normalized spacial score (nSPS) is 11.9. The monoisotopic (exact) mass is 544 g/mol. The van der Waals surface area contributed by atoms with Crippen molar-refractivity contribution < 1.29 is 36.2 Å². The van der Waals surface area contributed by atoms with Gasteiger partial charge in [0, 0.05) is 24.5 Å². The molecular formula is C24H22F6N4O2S. The van der Waals surface area contributed by atoms with Gasteiger partial charge in [-0.3, -0.25) is 0 Å². The molecule has 4 aromatic rings. The van der Waals surface area contributed by atoms with Crippen molar-refractivity contribution in [3.63, 3.8) is 0 Å². The number of H-pyrrole nitrogens is 1. The molecule has 0 aliphatic carbocycles. The predicted octanol–water partition coefficient (Wildman–Crippen LogP) is 5.92. The van der Waals surface area contributed by atoms with Gasteiger partial charge in [-0.2, -0.15) is 26.3 Å². The van der Waals surface area contributed by atoms with Crippen LogP contribution in [0.5, 0.6) is 0 Å². The summed E-state index contributed by atoms with van der Waals surface area (Å²) in [6.45, 7) is 2.60. The Labute approximate surface area is 211 Å². The fourth-order valence-corrected chi connectivity index (χ4v) is 4.15. The molecule has 4 N–H and O–H groups in total. The molecule has 0 bridgehead atoms. The molecule has 0 atom stereocenters. The first-order valence-electron chi connectivity index (χ1n) is 10.8. The number of hydrogen-bond acceptors (Lipinski definition) is 5. The predicted molar refractivity (Wildman–Crippen MR) is 129 cm³/mol. The molecule has 37 heavy (non-hydrogen) atoms. The highest BCUT2D eigenvalue weighted by molar-refractivity contribution is 7.18. The molecule has 2 aromatic carbocycles. The number of carbonyl (C=O) groups is 1. The summed E-state index contributed by atoms with van der Waals surface area (Å²) in [5.41, 5.74) is 2.51. The highest BCUT2D eigenvalue weighted by Gasteiger charge is 2.38. The van der Waals surface area contributed by atoms with Gasteiger partial charge in [-0.15, -0.1) is 11.3 Å². The molecule has 0 aliphatic rings. The van der Waals surface area contributed by atoms with E-state index in [1.54, 1.807) is 11.3 Å². The number of aromatic nitrogens is 2. The first-order chi connectivity index (χ1) is 17.4. The Balaban J connectivity index is 0.000000479. The Bertz CT molecular complexity index is 1350. The van der Waals surface area contributed by atoms with Crippen LogP contribution in [0.2, 0.25) is 0 Å². The number of carboxylic acids is 1. The first kappa shape index (κ1) is 28.2. The second kappa shape index (κ2) is 11.8. The lowest BCUT2D eigenvalue weighted by Crippen LogP contribution is -2.24. The van der Waals surface area contributed by atoms with E-state index < -0.39 is 23.9 Å². The van der Waals surface area contributed by atoms with Crippen LogP contribution in [0.1, 0.15) is 11.1 Å². The molecule has 0 fully saturated rings. The van der Waals surface area contributed by atoms with Crippen molar-refractivity contribution in [1.29, 1.82) is 0 Å². The molecule has 0 aliphatic heterocycles. The summed E-state index contributed by atoms with van der Waals surface area (Å²) in [5, 5.41) is 13.6. The van der Waals surface area contributed by atoms with Gasteiger partial charge in [0.2, 0.25) is 0 Å². The summed E-state index contributed by atoms with van der Waals surface area (Å²) in [7, 11) is 1.92. The van der Waals surface area contributed by atoms with Crippen LogP contribution in [-0.2, 0) is 17.5 Å². The van der Waals surface area contributed by atoms with Crippen molar-refractivity contribution in [2.45, 2.75) is 18.9 Å². The maximum Gasteiger partial charge on any atom is 0.490 e. The van der Waals surface area contributed by atoms with E-state index in [0.29, 0.717) is 16.9 Å². The van der Waals surface area contributed by atoms with E-state index in [1.807, 2.05) is 25.2 Å². The van der Waals surface area contributed by atoms with Crippen molar-refractivity contribution in [2.24, 2.45) is 0 Å². The number of nitrogens with zero attached hydrogens (tertiary/aromatic N) is 1. The molecule has 0 saturated heterocycles. The number of aromatic amines is 1. The van der Waals surface area contributed by atoms with Crippen LogP contribution in [0.25, 0.3) is 32.2 Å². The number of hydrogen-bond donors (Lipinski definition) is 4. The van der Waals surface area contributed by atoms with E-state index in [1.165, 1.54) is 11.6 Å². The molecule has 0 amide bonds. The van der Waals surface area contributed by atoms with Gasteiger partial charge in [0.15, 0.2) is 0 Å². The second-order valence-corrected chi connectivity index (χ2v) is 8.85. The van der Waals surface area contributed by atoms with E-state index in [0.717, 1.165) is 47.1 Å². The van der Waals surface area contributed by atoms with Gasteiger partial charge in [0.25, 0.3) is 0 Å². The number of halogens is 6. The number of nitrogens with one attached hydrogen (secondary N) is 3. The van der Waals surface area contributed by atoms with Gasteiger partial charge in [0.1, 0.15) is 5.82 Å². The molecule has 198 valence electrons. The molecule has 0 unspecified atom stereocenters. The topological polar surface area (TPSA) is 90.0 Å². The van der Waals surface area contributed by atoms with Crippen molar-refractivity contribution in [3.05, 3.63) is 65.7 Å². The lowest BCUT2D eigenvalue weighted by Gasteiger charge is -2.06. The summed E-state index contributed by atoms with van der Waals surface area (Å²) in [6.07, 6.45) is -9.46. The van der Waals surface area contributed by atoms with Crippen LogP contribution in [0.4, 0.5) is 26.3 Å². The fraction of sp³-hybridized carbons (Fsp3) is 0.250. The van der Waals surface area contributed by atoms with Gasteiger partial charge in [-0.1, -0.05) is 18.2 Å². The maximum absolute atomic E-state index is 12.9. The van der Waals surface area contributed by atoms with Crippen LogP contribution in [0.3, 0.4) is 0 Å². The number of imidazole rings is 1. The zero-order valence-corrected chi connectivity index (χ0v) is 20.1. The van der Waals surface area contributed by atoms with Crippen molar-refractivity contribution in [3.8, 4) is 21.1 Å². The van der Waals surface area contributed by atoms with Gasteiger partial charge < -0.3 is 20.7 Å². The number of likely N-dealkylation sites (N-methyl/N-ethyl adjacent to an activating group) is 1. The lowest BCUT2D eigenvalue weighted by molar-refractivity contribution is -0.192. The molecule has 0 spiro atoms. The van der Waals surface area contributed by atoms with Crippen LogP contribution in [-0.4, -0.2) is 47.4 Å². The van der Waals surface area contributed by atoms with Crippen LogP contribution >= 0.6 is 11.3 Å². The Morgan fingerprint density at radius 1 is 1.00 bits per heavy atom. The minimum Gasteiger partial charge on any atom is -0.475 e. The zero-order chi connectivity index (χ0) is 27.2. The molecular weight excluding hydrogens is 522 g/mol. The summed E-state index contributed by atoms with van der Waals surface area (Å²) in [4.78, 5) is 18.3. The van der Waals surface area contributed by atoms with Crippen LogP contribution in [0, 0.1) is 0 Å². The number of alkyl halides is 6. The van der Waals surface area contributed by atoms with Crippen LogP contribution in [0.15, 0.2) is 54.6 Å². The Morgan fingerprint density at radius 2 is 1.70 bits per heavy atom. The lowest BCUT2D eigenvalue weighted by atomic mass is 10.1. The number of thiophene rings is 1. The Kier molecular flexibility index (Phi) is 8.94. The standard InChI is InChI=1S/C22H21F3N4S.C2HF3O2/c1-26-9-10-27-13-14-3-2-4-15(11-14)19-7-8-20(30-19)21-28-17-6-5-16(22(23,24)25)12-18(17)29-21;3-2(4,5)1(6)7/h2-8,11-12,26-27H,9-10,13H2,1H3,(H,28,29);(H,6,7). The van der Waals surface area contributed by atoms with Crippen molar-refractivity contribution in [1.82, 2.24) is 20.6 Å². The largest absolute Gasteiger partial charge is 0.490 e. The number of carboxylic acid groups (broad SMARTS) is 1. The summed E-state index contributed by atoms with van der Waals surface area (Å²) >= 11 is 1.56. The molecule has 4 rings (SSSR count). The fourth-order valence-electron chi connectivity index (χ4n) is 3.20. The summed E-state index contributed by atoms with van der Waals surface area (Å²) in [6, 6.07) is 15.8. The highest BCUT2D eigenvalue weighted by atomic mass is 32.1. The smallest absolute Gasteiger partial charge is 0.475 e. The molecule has 2 heterocycles. The molecule has 6 nitrogen and oxygen atoms in total. The van der Waals surface area contributed by atoms with Gasteiger partial charge >= 0.3 is 18.3 Å². The average molecular weight is 545 g/mol. The van der Waals surface area contributed by atoms with Crippen molar-refractivity contribution in [2.75, 3.05) is 20.1 Å². The third-order valence-corrected chi connectivity index (χ3v) is 6.12. The molecule has 0 saturated carbocycles. The SMILES string of the molecule is CNCCNCc1cccc(-c2ccc(-c3nc4ccc(C(F)(F)F)cc4[nH]3)s2)c1.O=C(O)C(F)(F)F. The molecule has 0 radical (unpaired) electrons. The minimum absolute atomic E-state index is 0.379. The Hall–Kier alpha value is -3.42. The van der Waals surface area contributed by atoms with E-state index in [9.17, 15) is 26.3 Å². The number of benzene rings is 2. The third-order valence-electron chi connectivity index (χ3n) is 4.98. The second-order valence-electron chi connectivity index (χ2n) is 7.76. The van der Waals surface area contributed by atoms with E-state index >= 15 is 0 Å². The average Bonchev–Trinajstić information content (AvgIpc) is 3.48. The molecule has 2 aromatic heterocycles. The van der Waals surface area contributed by atoms with Crippen molar-refractivity contribution >= 4 is 28.3 Å². The van der Waals surface area contributed by atoms with E-state index in [-0.39, 0.29) is 0 Å². The van der Waals surface area contributed by atoms with E-state index in [4.69, 9.17) is 9.90 Å². The third kappa shape index (κ3) is 7.78. The van der Waals surface area contributed by atoms with Gasteiger partial charge in [-0.05, 0) is 54.6 Å². The van der Waals surface area contributed by atoms with Gasteiger partial charge in [-0.25, -0.2) is 9.78 Å². The number of fused-ring (bicyclic) bond motifs is 1. The Morgan fingerprint density at radius 3 is 2.35 bits per heavy atom. The quantitative estimate of drug-likeness (QED) is 0.171. The van der Waals surface area contributed by atoms with Gasteiger partial charge in [0.05, 0.1) is 21.5 Å². The number of rotatable bonds is 7. The summed E-state index contributed by atoms with van der Waals surface area (Å²) in [5.74, 6) is -2.18. The highest BCUT2D eigenvalue weighted by Crippen LogP contribution is 2.35. The molecule has 13 heteroatoms. The zero-order valence-electron chi connectivity index (χ0n) is 19.3. The van der Waals surface area contributed by atoms with E-state index in [2.05, 4.69) is 38.8 Å². The van der Waals surface area contributed by atoms with Crippen LogP contribution < -0.4 is 10.6 Å². The first-order valence-corrected chi connectivity index (χ1v) is 11.6. The number of aliphatic carboxylic acids is 1. The minimum atomic E-state index is -5.08.